The van der Waals surface area contributed by atoms with Crippen LogP contribution in [0.15, 0.2) is 39.9 Å². The van der Waals surface area contributed by atoms with Gasteiger partial charge in [-0.15, -0.1) is 0 Å². The Balaban J connectivity index is 0.000000771. The van der Waals surface area contributed by atoms with E-state index in [0.29, 0.717) is 0 Å². The second-order valence-corrected chi connectivity index (χ2v) is 5.20. The van der Waals surface area contributed by atoms with Gasteiger partial charge in [0.1, 0.15) is 0 Å². The number of allylic oxidation sites excluding steroid dienone is 4. The van der Waals surface area contributed by atoms with Crippen LogP contribution in [0, 0.1) is 0 Å². The molecular formula is C16H19BrO. The number of benzene rings is 1. The fourth-order valence-electron chi connectivity index (χ4n) is 1.95. The molecule has 0 aromatic heterocycles. The van der Waals surface area contributed by atoms with Crippen molar-refractivity contribution in [3.63, 3.8) is 0 Å². The van der Waals surface area contributed by atoms with Crippen LogP contribution in [-0.2, 0) is 0 Å². The highest BCUT2D eigenvalue weighted by atomic mass is 79.9. The Morgan fingerprint density at radius 3 is 2.33 bits per heavy atom. The van der Waals surface area contributed by atoms with Crippen LogP contribution < -0.4 is 0 Å². The number of ketones is 1. The van der Waals surface area contributed by atoms with E-state index in [-0.39, 0.29) is 5.78 Å². The molecule has 0 unspecified atom stereocenters. The zero-order valence-electron chi connectivity index (χ0n) is 11.6. The first-order valence-corrected chi connectivity index (χ1v) is 7.00. The molecule has 1 aromatic rings. The van der Waals surface area contributed by atoms with Gasteiger partial charge < -0.3 is 0 Å². The van der Waals surface area contributed by atoms with E-state index in [1.807, 2.05) is 58.9 Å². The van der Waals surface area contributed by atoms with Gasteiger partial charge in [-0.1, -0.05) is 47.5 Å². The minimum Gasteiger partial charge on any atom is -0.289 e. The van der Waals surface area contributed by atoms with E-state index in [9.17, 15) is 4.79 Å². The average molecular weight is 307 g/mol. The summed E-state index contributed by atoms with van der Waals surface area (Å²) in [6, 6.07) is 5.87. The second kappa shape index (κ2) is 6.14. The fourth-order valence-corrected chi connectivity index (χ4v) is 2.32. The summed E-state index contributed by atoms with van der Waals surface area (Å²) < 4.78 is 0.950. The van der Waals surface area contributed by atoms with Gasteiger partial charge in [-0.3, -0.25) is 4.79 Å². The van der Waals surface area contributed by atoms with Crippen molar-refractivity contribution in [2.45, 2.75) is 34.6 Å². The molecule has 0 amide bonds. The lowest BCUT2D eigenvalue weighted by Gasteiger charge is -1.99. The molecule has 1 nitrogen and oxygen atoms in total. The van der Waals surface area contributed by atoms with Crippen molar-refractivity contribution in [1.82, 2.24) is 0 Å². The number of carbonyl (C=O) groups excluding carboxylic acids is 1. The van der Waals surface area contributed by atoms with E-state index in [2.05, 4.69) is 15.9 Å². The molecule has 0 fully saturated rings. The quantitative estimate of drug-likeness (QED) is 0.678. The molecule has 18 heavy (non-hydrogen) atoms. The molecule has 0 aliphatic heterocycles. The van der Waals surface area contributed by atoms with Crippen molar-refractivity contribution < 1.29 is 4.79 Å². The maximum atomic E-state index is 12.2. The molecule has 96 valence electrons. The largest absolute Gasteiger partial charge is 0.289 e. The van der Waals surface area contributed by atoms with E-state index >= 15 is 0 Å². The predicted molar refractivity (Wildman–Crippen MR) is 81.8 cm³/mol. The maximum absolute atomic E-state index is 12.2. The third-order valence-corrected chi connectivity index (χ3v) is 3.21. The molecule has 0 radical (unpaired) electrons. The van der Waals surface area contributed by atoms with Crippen molar-refractivity contribution in [1.29, 1.82) is 0 Å². The van der Waals surface area contributed by atoms with Crippen molar-refractivity contribution in [3.05, 3.63) is 51.0 Å². The van der Waals surface area contributed by atoms with Crippen LogP contribution in [-0.4, -0.2) is 5.78 Å². The predicted octanol–water partition coefficient (Wildman–Crippen LogP) is 5.41. The monoisotopic (exact) mass is 306 g/mol. The van der Waals surface area contributed by atoms with E-state index in [1.54, 1.807) is 0 Å². The van der Waals surface area contributed by atoms with Crippen LogP contribution in [0.1, 0.15) is 50.5 Å². The van der Waals surface area contributed by atoms with Crippen LogP contribution in [0.3, 0.4) is 0 Å². The Morgan fingerprint density at radius 2 is 1.78 bits per heavy atom. The SMILES string of the molecule is CC.CC(C)=CC1=C(C)c2ccc(Br)cc2C1=O. The fraction of sp³-hybridized carbons (Fsp3) is 0.312. The molecule has 0 heterocycles. The Labute approximate surface area is 118 Å². The van der Waals surface area contributed by atoms with Gasteiger partial charge in [0.15, 0.2) is 5.78 Å². The van der Waals surface area contributed by atoms with E-state index < -0.39 is 0 Å². The zero-order valence-corrected chi connectivity index (χ0v) is 13.2. The molecule has 1 aliphatic rings. The van der Waals surface area contributed by atoms with Gasteiger partial charge >= 0.3 is 0 Å². The third kappa shape index (κ3) is 2.81. The maximum Gasteiger partial charge on any atom is 0.193 e. The number of carbonyl (C=O) groups is 1. The number of Topliss-reactive ketones (excluding diaryl/α,β-unsaturated/α-hetero) is 1. The minimum absolute atomic E-state index is 0.134. The topological polar surface area (TPSA) is 17.1 Å². The minimum atomic E-state index is 0.134. The summed E-state index contributed by atoms with van der Waals surface area (Å²) in [5, 5.41) is 0. The summed E-state index contributed by atoms with van der Waals surface area (Å²) in [5.74, 6) is 0.134. The van der Waals surface area contributed by atoms with Crippen LogP contribution in [0.5, 0.6) is 0 Å². The molecule has 0 saturated heterocycles. The van der Waals surface area contributed by atoms with Gasteiger partial charge in [-0.2, -0.15) is 0 Å². The summed E-state index contributed by atoms with van der Waals surface area (Å²) >= 11 is 3.40. The van der Waals surface area contributed by atoms with Crippen LogP contribution >= 0.6 is 15.9 Å². The Morgan fingerprint density at radius 1 is 1.17 bits per heavy atom. The lowest BCUT2D eigenvalue weighted by atomic mass is 10.1. The Hall–Kier alpha value is -1.15. The first-order valence-electron chi connectivity index (χ1n) is 6.21. The number of rotatable bonds is 1. The summed E-state index contributed by atoms with van der Waals surface area (Å²) in [4.78, 5) is 12.2. The number of hydrogen-bond acceptors (Lipinski definition) is 1. The summed E-state index contributed by atoms with van der Waals surface area (Å²) in [6.45, 7) is 10.0. The first-order chi connectivity index (χ1) is 8.50. The molecule has 2 heteroatoms. The summed E-state index contributed by atoms with van der Waals surface area (Å²) in [6.07, 6.45) is 1.96. The molecule has 1 aliphatic carbocycles. The van der Waals surface area contributed by atoms with Gasteiger partial charge in [0.25, 0.3) is 0 Å². The summed E-state index contributed by atoms with van der Waals surface area (Å²) in [7, 11) is 0. The van der Waals surface area contributed by atoms with E-state index in [4.69, 9.17) is 0 Å². The zero-order chi connectivity index (χ0) is 13.9. The van der Waals surface area contributed by atoms with Crippen LogP contribution in [0.25, 0.3) is 5.57 Å². The highest BCUT2D eigenvalue weighted by Crippen LogP contribution is 2.35. The van der Waals surface area contributed by atoms with Crippen LogP contribution in [0.2, 0.25) is 0 Å². The second-order valence-electron chi connectivity index (χ2n) is 4.28. The van der Waals surface area contributed by atoms with Crippen LogP contribution in [0.4, 0.5) is 0 Å². The molecule has 0 atom stereocenters. The lowest BCUT2D eigenvalue weighted by molar-refractivity contribution is 0.104. The normalized spacial score (nSPS) is 12.9. The van der Waals surface area contributed by atoms with E-state index in [0.717, 1.165) is 32.3 Å². The van der Waals surface area contributed by atoms with Crippen molar-refractivity contribution >= 4 is 27.3 Å². The number of halogens is 1. The standard InChI is InChI=1S/C14H13BrO.C2H6/c1-8(2)6-12-9(3)11-5-4-10(15)7-13(11)14(12)16;1-2/h4-7H,1-3H3;1-2H3. The van der Waals surface area contributed by atoms with Gasteiger partial charge in [0, 0.05) is 15.6 Å². The first kappa shape index (κ1) is 14.9. The Kier molecular flexibility index (Phi) is 5.09. The molecule has 2 rings (SSSR count). The molecule has 1 aromatic carbocycles. The highest BCUT2D eigenvalue weighted by Gasteiger charge is 2.25. The Bertz CT molecular complexity index is 532. The number of hydrogen-bond donors (Lipinski definition) is 0. The van der Waals surface area contributed by atoms with Crippen molar-refractivity contribution in [2.75, 3.05) is 0 Å². The molecule has 0 spiro atoms. The van der Waals surface area contributed by atoms with E-state index in [1.165, 1.54) is 0 Å². The highest BCUT2D eigenvalue weighted by molar-refractivity contribution is 9.10. The molecule has 0 N–H and O–H groups in total. The molecule has 0 bridgehead atoms. The van der Waals surface area contributed by atoms with Gasteiger partial charge in [-0.25, -0.2) is 0 Å². The third-order valence-electron chi connectivity index (χ3n) is 2.71. The van der Waals surface area contributed by atoms with Gasteiger partial charge in [-0.05, 0) is 44.0 Å². The van der Waals surface area contributed by atoms with Gasteiger partial charge in [0.05, 0.1) is 0 Å². The smallest absolute Gasteiger partial charge is 0.193 e. The molecule has 0 saturated carbocycles. The van der Waals surface area contributed by atoms with Gasteiger partial charge in [0.2, 0.25) is 0 Å². The average Bonchev–Trinajstić information content (AvgIpc) is 2.56. The number of fused-ring (bicyclic) bond motifs is 1. The lowest BCUT2D eigenvalue weighted by Crippen LogP contribution is -1.96. The molecular weight excluding hydrogens is 288 g/mol. The summed E-state index contributed by atoms with van der Waals surface area (Å²) in [5.41, 5.74) is 4.91. The van der Waals surface area contributed by atoms with Crippen molar-refractivity contribution in [3.8, 4) is 0 Å². The van der Waals surface area contributed by atoms with Crippen molar-refractivity contribution in [2.24, 2.45) is 0 Å².